The number of likely N-dealkylation sites (tertiary alicyclic amines) is 1. The second-order valence-corrected chi connectivity index (χ2v) is 9.71. The number of nitrogens with zero attached hydrogens (tertiary/aromatic N) is 1. The second-order valence-electron chi connectivity index (χ2n) is 7.94. The van der Waals surface area contributed by atoms with Gasteiger partial charge in [-0.3, -0.25) is 4.79 Å². The molecule has 0 unspecified atom stereocenters. The SMILES string of the molecule is Cc1ccc(S(=O)(=O)NCc2ccccc2)cc1C(=O)N1C[C@H](C)C[C@H](C)C1. The highest BCUT2D eigenvalue weighted by atomic mass is 32.2. The van der Waals surface area contributed by atoms with Crippen molar-refractivity contribution >= 4 is 15.9 Å². The molecule has 0 radical (unpaired) electrons. The Bertz CT molecular complexity index is 932. The summed E-state index contributed by atoms with van der Waals surface area (Å²) in [5.41, 5.74) is 2.13. The molecule has 0 bridgehead atoms. The Morgan fingerprint density at radius 3 is 2.36 bits per heavy atom. The van der Waals surface area contributed by atoms with E-state index < -0.39 is 10.0 Å². The molecule has 0 spiro atoms. The molecule has 28 heavy (non-hydrogen) atoms. The van der Waals surface area contributed by atoms with Crippen LogP contribution in [0.1, 0.15) is 41.8 Å². The summed E-state index contributed by atoms with van der Waals surface area (Å²) in [4.78, 5) is 15.1. The van der Waals surface area contributed by atoms with Crippen molar-refractivity contribution in [2.75, 3.05) is 13.1 Å². The van der Waals surface area contributed by atoms with Crippen molar-refractivity contribution in [3.05, 3.63) is 65.2 Å². The number of sulfonamides is 1. The van der Waals surface area contributed by atoms with Gasteiger partial charge in [-0.1, -0.05) is 50.2 Å². The van der Waals surface area contributed by atoms with E-state index in [1.807, 2.05) is 42.2 Å². The summed E-state index contributed by atoms with van der Waals surface area (Å²) < 4.78 is 28.1. The van der Waals surface area contributed by atoms with Gasteiger partial charge in [0.2, 0.25) is 10.0 Å². The number of carbonyl (C=O) groups is 1. The van der Waals surface area contributed by atoms with Crippen LogP contribution in [0.15, 0.2) is 53.4 Å². The lowest BCUT2D eigenvalue weighted by Gasteiger charge is -2.35. The zero-order valence-corrected chi connectivity index (χ0v) is 17.5. The highest BCUT2D eigenvalue weighted by Crippen LogP contribution is 2.24. The van der Waals surface area contributed by atoms with Crippen molar-refractivity contribution in [1.82, 2.24) is 9.62 Å². The molecule has 5 nitrogen and oxygen atoms in total. The number of piperidine rings is 1. The number of nitrogens with one attached hydrogen (secondary N) is 1. The standard InChI is InChI=1S/C22H28N2O3S/c1-16-11-17(2)15-24(14-16)22(25)21-12-20(10-9-18(21)3)28(26,27)23-13-19-7-5-4-6-8-19/h4-10,12,16-17,23H,11,13-15H2,1-3H3/t16-,17+. The molecular weight excluding hydrogens is 372 g/mol. The van der Waals surface area contributed by atoms with Crippen LogP contribution in [-0.4, -0.2) is 32.3 Å². The molecule has 1 N–H and O–H groups in total. The van der Waals surface area contributed by atoms with Gasteiger partial charge < -0.3 is 4.90 Å². The van der Waals surface area contributed by atoms with Crippen LogP contribution < -0.4 is 4.72 Å². The summed E-state index contributed by atoms with van der Waals surface area (Å²) in [6, 6.07) is 14.1. The third-order valence-corrected chi connectivity index (χ3v) is 6.61. The highest BCUT2D eigenvalue weighted by molar-refractivity contribution is 7.89. The zero-order chi connectivity index (χ0) is 20.3. The molecule has 6 heteroatoms. The van der Waals surface area contributed by atoms with Gasteiger partial charge in [0, 0.05) is 25.2 Å². The fourth-order valence-electron chi connectivity index (χ4n) is 3.86. The largest absolute Gasteiger partial charge is 0.338 e. The van der Waals surface area contributed by atoms with Gasteiger partial charge >= 0.3 is 0 Å². The molecule has 2 aromatic carbocycles. The van der Waals surface area contributed by atoms with Crippen molar-refractivity contribution < 1.29 is 13.2 Å². The van der Waals surface area contributed by atoms with E-state index in [-0.39, 0.29) is 17.3 Å². The van der Waals surface area contributed by atoms with Crippen LogP contribution in [0.5, 0.6) is 0 Å². The average molecular weight is 401 g/mol. The molecule has 1 amide bonds. The predicted octanol–water partition coefficient (Wildman–Crippen LogP) is 3.59. The van der Waals surface area contributed by atoms with Crippen LogP contribution in [-0.2, 0) is 16.6 Å². The number of amides is 1. The minimum atomic E-state index is -3.70. The van der Waals surface area contributed by atoms with Crippen LogP contribution in [0, 0.1) is 18.8 Å². The average Bonchev–Trinajstić information content (AvgIpc) is 2.66. The first-order valence-corrected chi connectivity index (χ1v) is 11.2. The smallest absolute Gasteiger partial charge is 0.254 e. The predicted molar refractivity (Wildman–Crippen MR) is 110 cm³/mol. The monoisotopic (exact) mass is 400 g/mol. The Labute approximate surface area is 167 Å². The van der Waals surface area contributed by atoms with Gasteiger partial charge in [-0.15, -0.1) is 0 Å². The molecule has 3 rings (SSSR count). The van der Waals surface area contributed by atoms with Gasteiger partial charge in [0.15, 0.2) is 0 Å². The van der Waals surface area contributed by atoms with Gasteiger partial charge in [0.1, 0.15) is 0 Å². The number of hydrogen-bond donors (Lipinski definition) is 1. The van der Waals surface area contributed by atoms with E-state index in [1.54, 1.807) is 12.1 Å². The molecule has 1 aliphatic heterocycles. The van der Waals surface area contributed by atoms with Gasteiger partial charge in [-0.2, -0.15) is 0 Å². The number of benzene rings is 2. The first kappa shape index (κ1) is 20.6. The van der Waals surface area contributed by atoms with E-state index in [0.29, 0.717) is 30.5 Å². The Balaban J connectivity index is 1.81. The van der Waals surface area contributed by atoms with Gasteiger partial charge in [0.25, 0.3) is 5.91 Å². The van der Waals surface area contributed by atoms with E-state index >= 15 is 0 Å². The first-order valence-electron chi connectivity index (χ1n) is 9.70. The van der Waals surface area contributed by atoms with Gasteiger partial charge in [-0.05, 0) is 48.4 Å². The van der Waals surface area contributed by atoms with Crippen LogP contribution in [0.2, 0.25) is 0 Å². The first-order chi connectivity index (χ1) is 13.3. The second kappa shape index (κ2) is 8.45. The molecule has 2 aromatic rings. The van der Waals surface area contributed by atoms with Crippen LogP contribution in [0.25, 0.3) is 0 Å². The third kappa shape index (κ3) is 4.80. The number of hydrogen-bond acceptors (Lipinski definition) is 3. The lowest BCUT2D eigenvalue weighted by molar-refractivity contribution is 0.0622. The Kier molecular flexibility index (Phi) is 6.20. The van der Waals surface area contributed by atoms with Crippen LogP contribution >= 0.6 is 0 Å². The van der Waals surface area contributed by atoms with Crippen molar-refractivity contribution in [3.63, 3.8) is 0 Å². The molecule has 1 heterocycles. The van der Waals surface area contributed by atoms with E-state index in [2.05, 4.69) is 18.6 Å². The summed E-state index contributed by atoms with van der Waals surface area (Å²) in [6.45, 7) is 7.78. The highest BCUT2D eigenvalue weighted by Gasteiger charge is 2.27. The maximum atomic E-state index is 13.1. The maximum Gasteiger partial charge on any atom is 0.254 e. The molecule has 1 saturated heterocycles. The minimum Gasteiger partial charge on any atom is -0.338 e. The minimum absolute atomic E-state index is 0.0870. The normalized spacial score (nSPS) is 20.2. The number of rotatable bonds is 5. The molecule has 0 saturated carbocycles. The summed E-state index contributed by atoms with van der Waals surface area (Å²) in [6.07, 6.45) is 1.11. The summed E-state index contributed by atoms with van der Waals surface area (Å²) >= 11 is 0. The van der Waals surface area contributed by atoms with Crippen molar-refractivity contribution in [1.29, 1.82) is 0 Å². The third-order valence-electron chi connectivity index (χ3n) is 5.21. The summed E-state index contributed by atoms with van der Waals surface area (Å²) in [5.74, 6) is 0.816. The summed E-state index contributed by atoms with van der Waals surface area (Å²) in [7, 11) is -3.70. The molecule has 0 aliphatic carbocycles. The molecular formula is C22H28N2O3S. The molecule has 150 valence electrons. The Morgan fingerprint density at radius 1 is 1.07 bits per heavy atom. The van der Waals surface area contributed by atoms with E-state index in [1.165, 1.54) is 6.07 Å². The zero-order valence-electron chi connectivity index (χ0n) is 16.7. The van der Waals surface area contributed by atoms with Crippen LogP contribution in [0.3, 0.4) is 0 Å². The lowest BCUT2D eigenvalue weighted by Crippen LogP contribution is -2.42. The number of aryl methyl sites for hydroxylation is 1. The fraction of sp³-hybridized carbons (Fsp3) is 0.409. The topological polar surface area (TPSA) is 66.5 Å². The van der Waals surface area contributed by atoms with Gasteiger partial charge in [-0.25, -0.2) is 13.1 Å². The van der Waals surface area contributed by atoms with E-state index in [9.17, 15) is 13.2 Å². The van der Waals surface area contributed by atoms with Crippen molar-refractivity contribution in [2.45, 2.75) is 38.6 Å². The van der Waals surface area contributed by atoms with Crippen molar-refractivity contribution in [2.24, 2.45) is 11.8 Å². The van der Waals surface area contributed by atoms with Gasteiger partial charge in [0.05, 0.1) is 4.90 Å². The molecule has 0 aromatic heterocycles. The van der Waals surface area contributed by atoms with E-state index in [4.69, 9.17) is 0 Å². The number of carbonyl (C=O) groups excluding carboxylic acids is 1. The quantitative estimate of drug-likeness (QED) is 0.834. The van der Waals surface area contributed by atoms with Crippen LogP contribution in [0.4, 0.5) is 0 Å². The van der Waals surface area contributed by atoms with E-state index in [0.717, 1.165) is 17.5 Å². The molecule has 1 aliphatic rings. The van der Waals surface area contributed by atoms with Crippen molar-refractivity contribution in [3.8, 4) is 0 Å². The maximum absolute atomic E-state index is 13.1. The molecule has 1 fully saturated rings. The Morgan fingerprint density at radius 2 is 1.71 bits per heavy atom. The molecule has 2 atom stereocenters. The fourth-order valence-corrected chi connectivity index (χ4v) is 4.90. The Hall–Kier alpha value is -2.18. The summed E-state index contributed by atoms with van der Waals surface area (Å²) in [5, 5.41) is 0. The lowest BCUT2D eigenvalue weighted by atomic mass is 9.91.